The third-order valence-corrected chi connectivity index (χ3v) is 4.37. The van der Waals surface area contributed by atoms with Gasteiger partial charge in [-0.15, -0.1) is 0 Å². The van der Waals surface area contributed by atoms with E-state index < -0.39 is 5.97 Å². The summed E-state index contributed by atoms with van der Waals surface area (Å²) in [5, 5.41) is 0. The van der Waals surface area contributed by atoms with Gasteiger partial charge < -0.3 is 15.0 Å². The second kappa shape index (κ2) is 5.63. The lowest BCUT2D eigenvalue weighted by atomic mass is 9.93. The first-order chi connectivity index (χ1) is 9.10. The van der Waals surface area contributed by atoms with Gasteiger partial charge in [-0.05, 0) is 31.6 Å². The molecule has 0 spiro atoms. The molecule has 2 N–H and O–H groups in total. The third-order valence-electron chi connectivity index (χ3n) is 4.37. The number of anilines is 1. The predicted molar refractivity (Wildman–Crippen MR) is 73.8 cm³/mol. The molecule has 1 aromatic heterocycles. The van der Waals surface area contributed by atoms with Gasteiger partial charge in [0.1, 0.15) is 5.82 Å². The molecule has 5 nitrogen and oxygen atoms in total. The zero-order valence-corrected chi connectivity index (χ0v) is 11.9. The van der Waals surface area contributed by atoms with Crippen LogP contribution in [0.15, 0.2) is 6.33 Å². The van der Waals surface area contributed by atoms with Crippen molar-refractivity contribution >= 4 is 11.8 Å². The minimum Gasteiger partial charge on any atom is -0.461 e. The molecule has 1 saturated carbocycles. The smallest absolute Gasteiger partial charge is 0.360 e. The summed E-state index contributed by atoms with van der Waals surface area (Å²) in [6.07, 6.45) is 5.19. The van der Waals surface area contributed by atoms with Crippen molar-refractivity contribution in [2.45, 2.75) is 46.1 Å². The molecule has 106 valence electrons. The van der Waals surface area contributed by atoms with Gasteiger partial charge in [0.2, 0.25) is 0 Å². The average molecular weight is 265 g/mol. The molecule has 19 heavy (non-hydrogen) atoms. The van der Waals surface area contributed by atoms with E-state index in [1.54, 1.807) is 13.3 Å². The first kappa shape index (κ1) is 13.9. The van der Waals surface area contributed by atoms with E-state index in [4.69, 9.17) is 10.5 Å². The highest BCUT2D eigenvalue weighted by molar-refractivity contribution is 5.92. The fourth-order valence-corrected chi connectivity index (χ4v) is 3.18. The Hall–Kier alpha value is -1.52. The van der Waals surface area contributed by atoms with Crippen LogP contribution in [0.2, 0.25) is 0 Å². The summed E-state index contributed by atoms with van der Waals surface area (Å²) in [6, 6.07) is 0.348. The largest absolute Gasteiger partial charge is 0.461 e. The molecule has 1 fully saturated rings. The highest BCUT2D eigenvalue weighted by atomic mass is 16.5. The summed E-state index contributed by atoms with van der Waals surface area (Å²) in [5.41, 5.74) is 6.31. The molecule has 0 amide bonds. The number of esters is 1. The maximum absolute atomic E-state index is 11.7. The SMILES string of the molecule is CCOC(=O)c1ncn(C2CCC(CC)C2C)c1N. The third kappa shape index (κ3) is 2.46. The van der Waals surface area contributed by atoms with Crippen LogP contribution in [0.3, 0.4) is 0 Å². The fourth-order valence-electron chi connectivity index (χ4n) is 3.18. The number of imidazole rings is 1. The van der Waals surface area contributed by atoms with Gasteiger partial charge in [-0.3, -0.25) is 0 Å². The van der Waals surface area contributed by atoms with Crippen LogP contribution in [0.1, 0.15) is 56.6 Å². The molecule has 0 saturated heterocycles. The summed E-state index contributed by atoms with van der Waals surface area (Å²) in [4.78, 5) is 15.8. The van der Waals surface area contributed by atoms with E-state index in [1.807, 2.05) is 4.57 Å². The maximum atomic E-state index is 11.7. The van der Waals surface area contributed by atoms with Gasteiger partial charge in [0.15, 0.2) is 5.69 Å². The Labute approximate surface area is 114 Å². The number of nitrogens with two attached hydrogens (primary N) is 1. The lowest BCUT2D eigenvalue weighted by molar-refractivity contribution is 0.0521. The molecule has 1 aromatic rings. The van der Waals surface area contributed by atoms with Gasteiger partial charge in [0, 0.05) is 6.04 Å². The van der Waals surface area contributed by atoms with E-state index in [0.29, 0.717) is 24.4 Å². The van der Waals surface area contributed by atoms with Crippen molar-refractivity contribution in [1.29, 1.82) is 0 Å². The first-order valence-corrected chi connectivity index (χ1v) is 7.09. The van der Waals surface area contributed by atoms with Gasteiger partial charge in [-0.2, -0.15) is 0 Å². The Morgan fingerprint density at radius 3 is 2.84 bits per heavy atom. The normalized spacial score (nSPS) is 26.6. The number of rotatable bonds is 4. The second-order valence-electron chi connectivity index (χ2n) is 5.28. The topological polar surface area (TPSA) is 70.1 Å². The summed E-state index contributed by atoms with van der Waals surface area (Å²) in [6.45, 7) is 6.60. The average Bonchev–Trinajstić information content (AvgIpc) is 2.93. The number of carbonyl (C=O) groups is 1. The van der Waals surface area contributed by atoms with E-state index in [0.717, 1.165) is 12.3 Å². The molecule has 1 aliphatic carbocycles. The highest BCUT2D eigenvalue weighted by Crippen LogP contribution is 2.42. The lowest BCUT2D eigenvalue weighted by Crippen LogP contribution is -2.17. The van der Waals surface area contributed by atoms with Crippen LogP contribution in [0.5, 0.6) is 0 Å². The van der Waals surface area contributed by atoms with Gasteiger partial charge in [-0.1, -0.05) is 20.3 Å². The standard InChI is InChI=1S/C14H23N3O2/c1-4-10-6-7-11(9(10)3)17-8-16-12(13(17)15)14(18)19-5-2/h8-11H,4-7,15H2,1-3H3. The molecule has 1 aliphatic rings. The molecule has 0 aromatic carbocycles. The molecule has 5 heteroatoms. The summed E-state index contributed by atoms with van der Waals surface area (Å²) < 4.78 is 6.91. The van der Waals surface area contributed by atoms with Gasteiger partial charge in [-0.25, -0.2) is 9.78 Å². The monoisotopic (exact) mass is 265 g/mol. The fraction of sp³-hybridized carbons (Fsp3) is 0.714. The van der Waals surface area contributed by atoms with Crippen molar-refractivity contribution in [3.63, 3.8) is 0 Å². The Morgan fingerprint density at radius 2 is 2.26 bits per heavy atom. The van der Waals surface area contributed by atoms with Crippen LogP contribution < -0.4 is 5.73 Å². The van der Waals surface area contributed by atoms with Crippen molar-refractivity contribution in [2.75, 3.05) is 12.3 Å². The van der Waals surface area contributed by atoms with Crippen molar-refractivity contribution < 1.29 is 9.53 Å². The number of aromatic nitrogens is 2. The number of carbonyl (C=O) groups excluding carboxylic acids is 1. The predicted octanol–water partition coefficient (Wildman–Crippen LogP) is 2.64. The number of nitrogen functional groups attached to an aromatic ring is 1. The van der Waals surface area contributed by atoms with Gasteiger partial charge in [0.25, 0.3) is 0 Å². The Balaban J connectivity index is 2.21. The molecule has 0 bridgehead atoms. The molecule has 3 unspecified atom stereocenters. The number of nitrogens with zero attached hydrogens (tertiary/aromatic N) is 2. The Bertz CT molecular complexity index is 456. The van der Waals surface area contributed by atoms with E-state index >= 15 is 0 Å². The van der Waals surface area contributed by atoms with Gasteiger partial charge >= 0.3 is 5.97 Å². The van der Waals surface area contributed by atoms with Crippen LogP contribution in [0.4, 0.5) is 5.82 Å². The maximum Gasteiger partial charge on any atom is 0.360 e. The first-order valence-electron chi connectivity index (χ1n) is 7.09. The molecule has 0 radical (unpaired) electrons. The lowest BCUT2D eigenvalue weighted by Gasteiger charge is -2.22. The van der Waals surface area contributed by atoms with Crippen LogP contribution >= 0.6 is 0 Å². The summed E-state index contributed by atoms with van der Waals surface area (Å²) in [5.74, 6) is 1.30. The van der Waals surface area contributed by atoms with Crippen LogP contribution in [-0.2, 0) is 4.74 Å². The summed E-state index contributed by atoms with van der Waals surface area (Å²) >= 11 is 0. The zero-order chi connectivity index (χ0) is 14.0. The Morgan fingerprint density at radius 1 is 1.53 bits per heavy atom. The van der Waals surface area contributed by atoms with Crippen molar-refractivity contribution in [1.82, 2.24) is 9.55 Å². The second-order valence-corrected chi connectivity index (χ2v) is 5.28. The molecule has 3 atom stereocenters. The minimum absolute atomic E-state index is 0.244. The van der Waals surface area contributed by atoms with Crippen LogP contribution in [0, 0.1) is 11.8 Å². The minimum atomic E-state index is -0.434. The molecule has 1 heterocycles. The van der Waals surface area contributed by atoms with Crippen molar-refractivity contribution in [2.24, 2.45) is 11.8 Å². The Kier molecular flexibility index (Phi) is 4.12. The molecular weight excluding hydrogens is 242 g/mol. The van der Waals surface area contributed by atoms with Crippen LogP contribution in [0.25, 0.3) is 0 Å². The molecule has 0 aliphatic heterocycles. The van der Waals surface area contributed by atoms with E-state index in [1.165, 1.54) is 12.8 Å². The van der Waals surface area contributed by atoms with E-state index in [-0.39, 0.29) is 5.69 Å². The quantitative estimate of drug-likeness (QED) is 0.850. The van der Waals surface area contributed by atoms with E-state index in [9.17, 15) is 4.79 Å². The highest BCUT2D eigenvalue weighted by Gasteiger charge is 2.34. The van der Waals surface area contributed by atoms with Gasteiger partial charge in [0.05, 0.1) is 12.9 Å². The zero-order valence-electron chi connectivity index (χ0n) is 11.9. The number of ether oxygens (including phenoxy) is 1. The van der Waals surface area contributed by atoms with E-state index in [2.05, 4.69) is 18.8 Å². The summed E-state index contributed by atoms with van der Waals surface area (Å²) in [7, 11) is 0. The molecular formula is C14H23N3O2. The van der Waals surface area contributed by atoms with Crippen molar-refractivity contribution in [3.05, 3.63) is 12.0 Å². The van der Waals surface area contributed by atoms with Crippen LogP contribution in [-0.4, -0.2) is 22.1 Å². The van der Waals surface area contributed by atoms with Crippen molar-refractivity contribution in [3.8, 4) is 0 Å². The number of hydrogen-bond acceptors (Lipinski definition) is 4. The number of hydrogen-bond donors (Lipinski definition) is 1. The molecule has 2 rings (SSSR count).